The maximum Gasteiger partial charge on any atom is 0.0309 e. The first-order valence-electron chi connectivity index (χ1n) is 8.15. The summed E-state index contributed by atoms with van der Waals surface area (Å²) in [4.78, 5) is 2.81. The lowest BCUT2D eigenvalue weighted by atomic mass is 9.89. The Kier molecular flexibility index (Phi) is 6.04. The first-order chi connectivity index (χ1) is 9.17. The number of nitrogens with one attached hydrogen (secondary N) is 1. The number of piperazine rings is 1. The summed E-state index contributed by atoms with van der Waals surface area (Å²) < 4.78 is 0. The number of thioether (sulfide) groups is 1. The average Bonchev–Trinajstić information content (AvgIpc) is 2.83. The van der Waals surface area contributed by atoms with E-state index in [1.807, 2.05) is 11.8 Å². The van der Waals surface area contributed by atoms with Gasteiger partial charge in [-0.2, -0.15) is 11.8 Å². The van der Waals surface area contributed by atoms with Gasteiger partial charge in [0.1, 0.15) is 0 Å². The van der Waals surface area contributed by atoms with E-state index in [0.717, 1.165) is 12.0 Å². The Balaban J connectivity index is 1.88. The highest BCUT2D eigenvalue weighted by Crippen LogP contribution is 2.34. The Bertz CT molecular complexity index is 261. The topological polar surface area (TPSA) is 15.3 Å². The van der Waals surface area contributed by atoms with Gasteiger partial charge in [0.25, 0.3) is 0 Å². The normalized spacial score (nSPS) is 27.5. The van der Waals surface area contributed by atoms with Gasteiger partial charge in [-0.05, 0) is 50.2 Å². The predicted molar refractivity (Wildman–Crippen MR) is 87.0 cm³/mol. The van der Waals surface area contributed by atoms with Crippen LogP contribution in [0, 0.1) is 5.92 Å². The lowest BCUT2D eigenvalue weighted by Gasteiger charge is -2.48. The number of hydrogen-bond donors (Lipinski definition) is 1. The largest absolute Gasteiger partial charge is 0.308 e. The summed E-state index contributed by atoms with van der Waals surface area (Å²) in [6.07, 6.45) is 10.6. The second-order valence-corrected chi connectivity index (χ2v) is 7.84. The molecule has 2 aliphatic rings. The molecule has 19 heavy (non-hydrogen) atoms. The van der Waals surface area contributed by atoms with E-state index in [-0.39, 0.29) is 0 Å². The minimum atomic E-state index is 0.477. The molecular weight excluding hydrogens is 252 g/mol. The van der Waals surface area contributed by atoms with Crippen LogP contribution in [-0.4, -0.2) is 48.1 Å². The molecule has 2 nitrogen and oxygen atoms in total. The molecule has 0 bridgehead atoms. The molecular formula is C16H32N2S. The molecule has 1 N–H and O–H groups in total. The van der Waals surface area contributed by atoms with Gasteiger partial charge in [-0.15, -0.1) is 0 Å². The zero-order valence-electron chi connectivity index (χ0n) is 13.1. The SMILES string of the molecule is CSCCCCN1CC2(CCCC2)NCC1C(C)C. The zero-order valence-corrected chi connectivity index (χ0v) is 13.9. The molecule has 1 unspecified atom stereocenters. The molecule has 1 saturated heterocycles. The molecule has 3 heteroatoms. The summed E-state index contributed by atoms with van der Waals surface area (Å²) in [5, 5.41) is 3.91. The van der Waals surface area contributed by atoms with Crippen LogP contribution in [0.3, 0.4) is 0 Å². The van der Waals surface area contributed by atoms with Crippen molar-refractivity contribution in [3.8, 4) is 0 Å². The van der Waals surface area contributed by atoms with Crippen molar-refractivity contribution < 1.29 is 0 Å². The van der Waals surface area contributed by atoms with Gasteiger partial charge in [0.2, 0.25) is 0 Å². The predicted octanol–water partition coefficient (Wildman–Crippen LogP) is 3.37. The molecule has 1 aliphatic heterocycles. The molecule has 1 saturated carbocycles. The minimum Gasteiger partial charge on any atom is -0.308 e. The van der Waals surface area contributed by atoms with Crippen molar-refractivity contribution in [2.75, 3.05) is 31.6 Å². The molecule has 0 amide bonds. The summed E-state index contributed by atoms with van der Waals surface area (Å²) in [7, 11) is 0. The fourth-order valence-corrected chi connectivity index (χ4v) is 4.36. The van der Waals surface area contributed by atoms with E-state index in [1.54, 1.807) is 0 Å². The Labute approximate surface area is 124 Å². The third-order valence-electron chi connectivity index (χ3n) is 5.03. The second-order valence-electron chi connectivity index (χ2n) is 6.85. The van der Waals surface area contributed by atoms with Crippen LogP contribution >= 0.6 is 11.8 Å². The van der Waals surface area contributed by atoms with Gasteiger partial charge in [-0.25, -0.2) is 0 Å². The lowest BCUT2D eigenvalue weighted by Crippen LogP contribution is -2.64. The van der Waals surface area contributed by atoms with Crippen LogP contribution in [0.1, 0.15) is 52.4 Å². The van der Waals surface area contributed by atoms with Crippen LogP contribution < -0.4 is 5.32 Å². The lowest BCUT2D eigenvalue weighted by molar-refractivity contribution is 0.0561. The maximum absolute atomic E-state index is 3.91. The monoisotopic (exact) mass is 284 g/mol. The maximum atomic E-state index is 3.91. The smallest absolute Gasteiger partial charge is 0.0309 e. The highest BCUT2D eigenvalue weighted by atomic mass is 32.2. The molecule has 0 aromatic carbocycles. The highest BCUT2D eigenvalue weighted by Gasteiger charge is 2.41. The Morgan fingerprint density at radius 1 is 1.26 bits per heavy atom. The van der Waals surface area contributed by atoms with Crippen LogP contribution in [0.5, 0.6) is 0 Å². The van der Waals surface area contributed by atoms with Crippen molar-refractivity contribution in [2.45, 2.75) is 64.0 Å². The second kappa shape index (κ2) is 7.33. The van der Waals surface area contributed by atoms with Gasteiger partial charge in [0.15, 0.2) is 0 Å². The van der Waals surface area contributed by atoms with Crippen molar-refractivity contribution in [3.63, 3.8) is 0 Å². The molecule has 1 heterocycles. The molecule has 112 valence electrons. The fraction of sp³-hybridized carbons (Fsp3) is 1.00. The zero-order chi connectivity index (χ0) is 13.7. The summed E-state index contributed by atoms with van der Waals surface area (Å²) in [5.74, 6) is 2.09. The summed E-state index contributed by atoms with van der Waals surface area (Å²) in [6, 6.07) is 0.750. The van der Waals surface area contributed by atoms with Gasteiger partial charge in [0, 0.05) is 24.7 Å². The van der Waals surface area contributed by atoms with Gasteiger partial charge in [-0.1, -0.05) is 26.7 Å². The number of nitrogens with zero attached hydrogens (tertiary/aromatic N) is 1. The highest BCUT2D eigenvalue weighted by molar-refractivity contribution is 7.98. The molecule has 0 radical (unpaired) electrons. The van der Waals surface area contributed by atoms with Crippen LogP contribution in [0.2, 0.25) is 0 Å². The fourth-order valence-electron chi connectivity index (χ4n) is 3.86. The minimum absolute atomic E-state index is 0.477. The van der Waals surface area contributed by atoms with E-state index in [1.165, 1.54) is 63.9 Å². The van der Waals surface area contributed by atoms with Gasteiger partial charge < -0.3 is 5.32 Å². The molecule has 1 spiro atoms. The molecule has 2 rings (SSSR count). The van der Waals surface area contributed by atoms with Crippen molar-refractivity contribution >= 4 is 11.8 Å². The van der Waals surface area contributed by atoms with Crippen molar-refractivity contribution in [1.29, 1.82) is 0 Å². The van der Waals surface area contributed by atoms with Crippen molar-refractivity contribution in [2.24, 2.45) is 5.92 Å². The molecule has 2 fully saturated rings. The number of unbranched alkanes of at least 4 members (excludes halogenated alkanes) is 1. The van der Waals surface area contributed by atoms with E-state index in [2.05, 4.69) is 30.3 Å². The van der Waals surface area contributed by atoms with Crippen LogP contribution in [0.15, 0.2) is 0 Å². The van der Waals surface area contributed by atoms with Crippen LogP contribution in [0.25, 0.3) is 0 Å². The standard InChI is InChI=1S/C16H32N2S/c1-14(2)15-12-17-16(8-4-5-9-16)13-18(15)10-6-7-11-19-3/h14-15,17H,4-13H2,1-3H3. The quantitative estimate of drug-likeness (QED) is 0.753. The number of hydrogen-bond acceptors (Lipinski definition) is 3. The van der Waals surface area contributed by atoms with E-state index in [4.69, 9.17) is 0 Å². The van der Waals surface area contributed by atoms with E-state index < -0.39 is 0 Å². The van der Waals surface area contributed by atoms with Crippen molar-refractivity contribution in [1.82, 2.24) is 10.2 Å². The van der Waals surface area contributed by atoms with Crippen LogP contribution in [0.4, 0.5) is 0 Å². The Hall–Kier alpha value is 0.270. The molecule has 1 aliphatic carbocycles. The van der Waals surface area contributed by atoms with E-state index in [0.29, 0.717) is 5.54 Å². The summed E-state index contributed by atoms with van der Waals surface area (Å²) in [6.45, 7) is 8.59. The first-order valence-corrected chi connectivity index (χ1v) is 9.54. The van der Waals surface area contributed by atoms with Gasteiger partial charge in [-0.3, -0.25) is 4.90 Å². The van der Waals surface area contributed by atoms with E-state index >= 15 is 0 Å². The number of rotatable bonds is 6. The molecule has 0 aromatic rings. The van der Waals surface area contributed by atoms with Crippen molar-refractivity contribution in [3.05, 3.63) is 0 Å². The third kappa shape index (κ3) is 4.12. The third-order valence-corrected chi connectivity index (χ3v) is 5.73. The van der Waals surface area contributed by atoms with Gasteiger partial charge >= 0.3 is 0 Å². The summed E-state index contributed by atoms with van der Waals surface area (Å²) in [5.41, 5.74) is 0.477. The molecule has 1 atom stereocenters. The Morgan fingerprint density at radius 2 is 2.00 bits per heavy atom. The Morgan fingerprint density at radius 3 is 2.63 bits per heavy atom. The van der Waals surface area contributed by atoms with Gasteiger partial charge in [0.05, 0.1) is 0 Å². The summed E-state index contributed by atoms with van der Waals surface area (Å²) >= 11 is 1.98. The average molecular weight is 285 g/mol. The first kappa shape index (κ1) is 15.7. The van der Waals surface area contributed by atoms with Crippen LogP contribution in [-0.2, 0) is 0 Å². The molecule has 0 aromatic heterocycles. The van der Waals surface area contributed by atoms with E-state index in [9.17, 15) is 0 Å².